The first-order valence-corrected chi connectivity index (χ1v) is 18.9. The predicted molar refractivity (Wildman–Crippen MR) is 182 cm³/mol. The molecule has 0 bridgehead atoms. The zero-order chi connectivity index (χ0) is 31.8. The fourth-order valence-corrected chi connectivity index (χ4v) is 5.99. The van der Waals surface area contributed by atoms with Crippen molar-refractivity contribution in [3.05, 3.63) is 0 Å². The summed E-state index contributed by atoms with van der Waals surface area (Å²) in [7, 11) is 0. The first kappa shape index (κ1) is 42.3. The molecule has 0 aliphatic carbocycles. The van der Waals surface area contributed by atoms with E-state index in [9.17, 15) is 25.2 Å². The van der Waals surface area contributed by atoms with E-state index >= 15 is 0 Å². The molecule has 0 aromatic rings. The number of carbonyl (C=O) groups excluding carboxylic acids is 1. The van der Waals surface area contributed by atoms with Gasteiger partial charge in [-0.05, 0) is 12.8 Å². The predicted octanol–water partition coefficient (Wildman–Crippen LogP) is 8.90. The summed E-state index contributed by atoms with van der Waals surface area (Å²) in [5.74, 6) is -0.583. The van der Waals surface area contributed by atoms with E-state index in [0.29, 0.717) is 12.8 Å². The number of rotatable bonds is 34. The van der Waals surface area contributed by atoms with E-state index in [1.54, 1.807) is 0 Å². The van der Waals surface area contributed by atoms with Gasteiger partial charge in [0.1, 0.15) is 12.2 Å². The molecule has 0 aromatic carbocycles. The van der Waals surface area contributed by atoms with Crippen molar-refractivity contribution in [2.75, 3.05) is 6.61 Å². The highest BCUT2D eigenvalue weighted by atomic mass is 16.3. The molecule has 0 fully saturated rings. The summed E-state index contributed by atoms with van der Waals surface area (Å²) < 4.78 is 0. The fraction of sp³-hybridized carbons (Fsp3) is 0.973. The number of amides is 1. The van der Waals surface area contributed by atoms with Gasteiger partial charge in [-0.1, -0.05) is 187 Å². The first-order chi connectivity index (χ1) is 21.0. The van der Waals surface area contributed by atoms with Crippen LogP contribution < -0.4 is 5.32 Å². The third kappa shape index (κ3) is 27.4. The molecule has 5 N–H and O–H groups in total. The second kappa shape index (κ2) is 32.7. The van der Waals surface area contributed by atoms with Crippen LogP contribution in [0.25, 0.3) is 0 Å². The SMILES string of the molecule is CCCCCCCCCCCCCCCCCCCCC(O)C(=O)NC(CO)C(O)C(O)CCCCCCCCCCC. The maximum absolute atomic E-state index is 12.4. The van der Waals surface area contributed by atoms with Gasteiger partial charge in [0.05, 0.1) is 18.8 Å². The average molecular weight is 614 g/mol. The highest BCUT2D eigenvalue weighted by Crippen LogP contribution is 2.16. The van der Waals surface area contributed by atoms with Gasteiger partial charge in [0, 0.05) is 0 Å². The molecule has 1 amide bonds. The fourth-order valence-electron chi connectivity index (χ4n) is 5.99. The number of aliphatic hydroxyl groups is 4. The number of aliphatic hydroxyl groups excluding tert-OH is 4. The van der Waals surface area contributed by atoms with E-state index in [0.717, 1.165) is 38.5 Å². The third-order valence-corrected chi connectivity index (χ3v) is 9.07. The molecular formula is C37H75NO5. The highest BCUT2D eigenvalue weighted by molar-refractivity contribution is 5.80. The summed E-state index contributed by atoms with van der Waals surface area (Å²) in [6.07, 6.45) is 31.3. The normalized spacial score (nSPS) is 14.5. The Balaban J connectivity index is 3.72. The van der Waals surface area contributed by atoms with Crippen molar-refractivity contribution in [1.82, 2.24) is 5.32 Å². The molecule has 0 aliphatic rings. The maximum atomic E-state index is 12.4. The van der Waals surface area contributed by atoms with Crippen LogP contribution in [0.1, 0.15) is 200 Å². The minimum atomic E-state index is -1.25. The number of carbonyl (C=O) groups is 1. The molecule has 258 valence electrons. The minimum Gasteiger partial charge on any atom is -0.394 e. The molecule has 0 heterocycles. The lowest BCUT2D eigenvalue weighted by Crippen LogP contribution is -2.53. The standard InChI is InChI=1S/C37H75NO5/c1-3-5-7-9-11-13-14-15-16-17-18-19-20-21-23-25-27-29-31-35(41)37(43)38-33(32-39)36(42)34(40)30-28-26-24-22-12-10-8-6-4-2/h33-36,39-42H,3-32H2,1-2H3,(H,38,43). The minimum absolute atomic E-state index is 0.375. The van der Waals surface area contributed by atoms with Crippen molar-refractivity contribution in [3.8, 4) is 0 Å². The summed E-state index contributed by atoms with van der Waals surface area (Å²) in [6, 6.07) is -0.976. The molecule has 0 saturated carbocycles. The number of hydrogen-bond donors (Lipinski definition) is 5. The Morgan fingerprint density at radius 1 is 0.488 bits per heavy atom. The highest BCUT2D eigenvalue weighted by Gasteiger charge is 2.28. The topological polar surface area (TPSA) is 110 Å². The van der Waals surface area contributed by atoms with Gasteiger partial charge in [-0.15, -0.1) is 0 Å². The molecule has 0 radical (unpaired) electrons. The average Bonchev–Trinajstić information content (AvgIpc) is 3.01. The molecule has 0 rings (SSSR count). The van der Waals surface area contributed by atoms with Crippen LogP contribution in [-0.4, -0.2) is 57.3 Å². The Morgan fingerprint density at radius 2 is 0.791 bits per heavy atom. The molecule has 4 unspecified atom stereocenters. The Bertz CT molecular complexity index is 575. The second-order valence-corrected chi connectivity index (χ2v) is 13.3. The molecule has 0 aromatic heterocycles. The van der Waals surface area contributed by atoms with Crippen LogP contribution in [0.3, 0.4) is 0 Å². The molecule has 0 saturated heterocycles. The van der Waals surface area contributed by atoms with E-state index in [4.69, 9.17) is 0 Å². The van der Waals surface area contributed by atoms with Crippen molar-refractivity contribution < 1.29 is 25.2 Å². The number of hydrogen-bond acceptors (Lipinski definition) is 5. The van der Waals surface area contributed by atoms with Crippen molar-refractivity contribution in [2.45, 2.75) is 224 Å². The lowest BCUT2D eigenvalue weighted by atomic mass is 9.99. The third-order valence-electron chi connectivity index (χ3n) is 9.07. The lowest BCUT2D eigenvalue weighted by molar-refractivity contribution is -0.132. The van der Waals surface area contributed by atoms with Crippen LogP contribution >= 0.6 is 0 Å². The quantitative estimate of drug-likeness (QED) is 0.0466. The molecule has 0 spiro atoms. The van der Waals surface area contributed by atoms with Crippen LogP contribution in [0.4, 0.5) is 0 Å². The van der Waals surface area contributed by atoms with E-state index in [-0.39, 0.29) is 0 Å². The number of nitrogens with one attached hydrogen (secondary N) is 1. The van der Waals surface area contributed by atoms with Gasteiger partial charge in [-0.25, -0.2) is 0 Å². The monoisotopic (exact) mass is 614 g/mol. The zero-order valence-corrected chi connectivity index (χ0v) is 28.7. The van der Waals surface area contributed by atoms with E-state index in [2.05, 4.69) is 19.2 Å². The first-order valence-electron chi connectivity index (χ1n) is 18.9. The van der Waals surface area contributed by atoms with Gasteiger partial charge < -0.3 is 25.7 Å². The largest absolute Gasteiger partial charge is 0.394 e. The van der Waals surface area contributed by atoms with Gasteiger partial charge >= 0.3 is 0 Å². The Kier molecular flexibility index (Phi) is 32.2. The second-order valence-electron chi connectivity index (χ2n) is 13.3. The van der Waals surface area contributed by atoms with Gasteiger partial charge in [-0.3, -0.25) is 4.79 Å². The molecular weight excluding hydrogens is 538 g/mol. The zero-order valence-electron chi connectivity index (χ0n) is 28.7. The summed E-state index contributed by atoms with van der Waals surface area (Å²) in [5.41, 5.74) is 0. The van der Waals surface area contributed by atoms with E-state index in [1.807, 2.05) is 0 Å². The van der Waals surface area contributed by atoms with Crippen LogP contribution in [-0.2, 0) is 4.79 Å². The summed E-state index contributed by atoms with van der Waals surface area (Å²) in [5, 5.41) is 43.3. The van der Waals surface area contributed by atoms with Crippen molar-refractivity contribution in [3.63, 3.8) is 0 Å². The van der Waals surface area contributed by atoms with Crippen LogP contribution in [0.15, 0.2) is 0 Å². The van der Waals surface area contributed by atoms with Gasteiger partial charge in [-0.2, -0.15) is 0 Å². The number of unbranched alkanes of at least 4 members (excludes halogenated alkanes) is 25. The molecule has 4 atom stereocenters. The van der Waals surface area contributed by atoms with E-state index in [1.165, 1.54) is 135 Å². The Hall–Kier alpha value is -0.690. The van der Waals surface area contributed by atoms with Crippen LogP contribution in [0.2, 0.25) is 0 Å². The summed E-state index contributed by atoms with van der Waals surface area (Å²) in [6.45, 7) is 4.02. The summed E-state index contributed by atoms with van der Waals surface area (Å²) >= 11 is 0. The van der Waals surface area contributed by atoms with Crippen LogP contribution in [0.5, 0.6) is 0 Å². The van der Waals surface area contributed by atoms with Crippen molar-refractivity contribution >= 4 is 5.91 Å². The lowest BCUT2D eigenvalue weighted by Gasteiger charge is -2.27. The Labute approximate surface area is 267 Å². The summed E-state index contributed by atoms with van der Waals surface area (Å²) in [4.78, 5) is 12.4. The maximum Gasteiger partial charge on any atom is 0.249 e. The van der Waals surface area contributed by atoms with Gasteiger partial charge in [0.15, 0.2) is 0 Å². The smallest absolute Gasteiger partial charge is 0.249 e. The molecule has 43 heavy (non-hydrogen) atoms. The Morgan fingerprint density at radius 3 is 1.12 bits per heavy atom. The van der Waals surface area contributed by atoms with Crippen molar-refractivity contribution in [2.24, 2.45) is 0 Å². The van der Waals surface area contributed by atoms with Crippen LogP contribution in [0, 0.1) is 0 Å². The molecule has 6 heteroatoms. The van der Waals surface area contributed by atoms with Gasteiger partial charge in [0.25, 0.3) is 0 Å². The van der Waals surface area contributed by atoms with E-state index < -0.39 is 36.9 Å². The molecule has 6 nitrogen and oxygen atoms in total. The molecule has 0 aliphatic heterocycles. The van der Waals surface area contributed by atoms with Gasteiger partial charge in [0.2, 0.25) is 5.91 Å². The van der Waals surface area contributed by atoms with Crippen molar-refractivity contribution in [1.29, 1.82) is 0 Å².